The molecule has 1 atom stereocenters. The zero-order chi connectivity index (χ0) is 23.1. The van der Waals surface area contributed by atoms with E-state index in [4.69, 9.17) is 4.74 Å². The van der Waals surface area contributed by atoms with Gasteiger partial charge >= 0.3 is 0 Å². The lowest BCUT2D eigenvalue weighted by Crippen LogP contribution is -2.49. The smallest absolute Gasteiger partial charge is 0.261 e. The number of nitrogens with one attached hydrogen (secondary N) is 1. The van der Waals surface area contributed by atoms with E-state index >= 15 is 0 Å². The Morgan fingerprint density at radius 3 is 2.16 bits per heavy atom. The van der Waals surface area contributed by atoms with E-state index in [-0.39, 0.29) is 18.4 Å². The molecular formula is C25H33BrN2O3. The summed E-state index contributed by atoms with van der Waals surface area (Å²) in [7, 11) is 0. The molecule has 2 rings (SSSR count). The lowest BCUT2D eigenvalue weighted by atomic mass is 10.1. The zero-order valence-electron chi connectivity index (χ0n) is 19.3. The molecule has 0 unspecified atom stereocenters. The summed E-state index contributed by atoms with van der Waals surface area (Å²) in [4.78, 5) is 27.4. The molecule has 0 aliphatic carbocycles. The Labute approximate surface area is 194 Å². The minimum Gasteiger partial charge on any atom is -0.484 e. The van der Waals surface area contributed by atoms with E-state index in [1.165, 1.54) is 0 Å². The summed E-state index contributed by atoms with van der Waals surface area (Å²) in [6.07, 6.45) is 0. The van der Waals surface area contributed by atoms with Crippen LogP contribution in [0.15, 0.2) is 40.9 Å². The molecular weight excluding hydrogens is 456 g/mol. The van der Waals surface area contributed by atoms with Crippen LogP contribution in [0.4, 0.5) is 0 Å². The summed E-state index contributed by atoms with van der Waals surface area (Å²) in [5.41, 5.74) is 4.20. The highest BCUT2D eigenvalue weighted by molar-refractivity contribution is 9.10. The van der Waals surface area contributed by atoms with Crippen LogP contribution in [0.3, 0.4) is 0 Å². The van der Waals surface area contributed by atoms with Crippen molar-refractivity contribution in [1.82, 2.24) is 10.2 Å². The molecule has 0 aliphatic rings. The zero-order valence-corrected chi connectivity index (χ0v) is 20.9. The van der Waals surface area contributed by atoms with Crippen molar-refractivity contribution in [1.29, 1.82) is 0 Å². The first-order chi connectivity index (χ1) is 14.6. The molecule has 0 aliphatic heterocycles. The summed E-state index contributed by atoms with van der Waals surface area (Å²) < 4.78 is 6.84. The van der Waals surface area contributed by atoms with Crippen LogP contribution in [0.1, 0.15) is 43.0 Å². The monoisotopic (exact) mass is 488 g/mol. The number of aryl methyl sites for hydroxylation is 3. The van der Waals surface area contributed by atoms with Gasteiger partial charge in [0.05, 0.1) is 0 Å². The molecule has 0 fully saturated rings. The number of amides is 2. The van der Waals surface area contributed by atoms with Crippen molar-refractivity contribution in [3.63, 3.8) is 0 Å². The molecule has 0 bridgehead atoms. The topological polar surface area (TPSA) is 58.6 Å². The Morgan fingerprint density at radius 1 is 1.03 bits per heavy atom. The molecule has 2 aromatic carbocycles. The molecule has 0 radical (unpaired) electrons. The highest BCUT2D eigenvalue weighted by atomic mass is 79.9. The molecule has 0 saturated carbocycles. The minimum absolute atomic E-state index is 0.131. The van der Waals surface area contributed by atoms with Crippen LogP contribution >= 0.6 is 15.9 Å². The number of hydrogen-bond donors (Lipinski definition) is 1. The van der Waals surface area contributed by atoms with E-state index in [2.05, 4.69) is 21.2 Å². The number of ether oxygens (including phenoxy) is 1. The fraction of sp³-hybridized carbons (Fsp3) is 0.440. The lowest BCUT2D eigenvalue weighted by molar-refractivity contribution is -0.142. The third kappa shape index (κ3) is 7.39. The Morgan fingerprint density at radius 2 is 1.61 bits per heavy atom. The average molecular weight is 489 g/mol. The van der Waals surface area contributed by atoms with Gasteiger partial charge in [0, 0.05) is 17.6 Å². The van der Waals surface area contributed by atoms with Gasteiger partial charge in [-0.1, -0.05) is 59.6 Å². The number of rotatable bonds is 9. The summed E-state index contributed by atoms with van der Waals surface area (Å²) in [5.74, 6) is 0.582. The predicted molar refractivity (Wildman–Crippen MR) is 128 cm³/mol. The summed E-state index contributed by atoms with van der Waals surface area (Å²) in [6.45, 7) is 12.6. The second-order valence-corrected chi connectivity index (χ2v) is 9.27. The summed E-state index contributed by atoms with van der Waals surface area (Å²) in [5, 5.41) is 2.93. The number of hydrogen-bond acceptors (Lipinski definition) is 3. The predicted octanol–water partition coefficient (Wildman–Crippen LogP) is 4.94. The van der Waals surface area contributed by atoms with E-state index in [0.717, 1.165) is 26.7 Å². The van der Waals surface area contributed by atoms with Gasteiger partial charge < -0.3 is 15.0 Å². The fourth-order valence-corrected chi connectivity index (χ4v) is 3.37. The van der Waals surface area contributed by atoms with Crippen molar-refractivity contribution in [3.8, 4) is 5.75 Å². The Bertz CT molecular complexity index is 886. The maximum absolute atomic E-state index is 13.1. The minimum atomic E-state index is -0.607. The first-order valence-electron chi connectivity index (χ1n) is 10.6. The maximum atomic E-state index is 13.1. The molecule has 1 N–H and O–H groups in total. The molecule has 2 aromatic rings. The highest BCUT2D eigenvalue weighted by Crippen LogP contribution is 2.26. The van der Waals surface area contributed by atoms with Crippen LogP contribution in [-0.4, -0.2) is 35.9 Å². The van der Waals surface area contributed by atoms with E-state index in [9.17, 15) is 9.59 Å². The van der Waals surface area contributed by atoms with Crippen molar-refractivity contribution in [2.75, 3.05) is 13.2 Å². The van der Waals surface area contributed by atoms with Crippen molar-refractivity contribution < 1.29 is 14.3 Å². The van der Waals surface area contributed by atoms with Crippen molar-refractivity contribution in [2.24, 2.45) is 5.92 Å². The van der Waals surface area contributed by atoms with Gasteiger partial charge in [-0.25, -0.2) is 0 Å². The number of benzene rings is 2. The first-order valence-corrected chi connectivity index (χ1v) is 11.4. The number of halogens is 1. The molecule has 6 heteroatoms. The average Bonchev–Trinajstić information content (AvgIpc) is 2.73. The van der Waals surface area contributed by atoms with E-state index < -0.39 is 6.04 Å². The lowest BCUT2D eigenvalue weighted by Gasteiger charge is -2.29. The van der Waals surface area contributed by atoms with Gasteiger partial charge in [0.15, 0.2) is 6.61 Å². The van der Waals surface area contributed by atoms with Gasteiger partial charge in [0.2, 0.25) is 5.91 Å². The second-order valence-electron chi connectivity index (χ2n) is 8.48. The van der Waals surface area contributed by atoms with Gasteiger partial charge in [0.1, 0.15) is 11.8 Å². The molecule has 0 aromatic heterocycles. The Kier molecular flexibility index (Phi) is 9.11. The van der Waals surface area contributed by atoms with Gasteiger partial charge in [-0.2, -0.15) is 0 Å². The van der Waals surface area contributed by atoms with Crippen LogP contribution in [0.2, 0.25) is 0 Å². The summed E-state index contributed by atoms with van der Waals surface area (Å²) in [6, 6.07) is 11.2. The molecule has 0 spiro atoms. The largest absolute Gasteiger partial charge is 0.484 e. The normalized spacial score (nSPS) is 11.9. The Hall–Kier alpha value is -2.34. The molecule has 168 valence electrons. The van der Waals surface area contributed by atoms with Gasteiger partial charge in [0.25, 0.3) is 5.91 Å². The van der Waals surface area contributed by atoms with Gasteiger partial charge in [-0.05, 0) is 62.4 Å². The molecule has 2 amide bonds. The maximum Gasteiger partial charge on any atom is 0.261 e. The third-order valence-corrected chi connectivity index (χ3v) is 6.35. The second kappa shape index (κ2) is 11.3. The fourth-order valence-electron chi connectivity index (χ4n) is 3.14. The SMILES string of the molecule is Cc1ccc(CN(C(=O)COc2cc(C)c(Br)c(C)c2)[C@H](C)C(=O)NCC(C)C)cc1. The van der Waals surface area contributed by atoms with E-state index in [1.807, 2.05) is 71.0 Å². The first kappa shape index (κ1) is 24.9. The number of nitrogens with zero attached hydrogens (tertiary/aromatic N) is 1. The van der Waals surface area contributed by atoms with E-state index in [0.29, 0.717) is 24.8 Å². The molecule has 5 nitrogen and oxygen atoms in total. The van der Waals surface area contributed by atoms with Gasteiger partial charge in [-0.15, -0.1) is 0 Å². The van der Waals surface area contributed by atoms with Crippen LogP contribution < -0.4 is 10.1 Å². The number of carbonyl (C=O) groups is 2. The van der Waals surface area contributed by atoms with Crippen LogP contribution in [0.5, 0.6) is 5.75 Å². The molecule has 0 saturated heterocycles. The quantitative estimate of drug-likeness (QED) is 0.543. The van der Waals surface area contributed by atoms with Crippen molar-refractivity contribution >= 4 is 27.7 Å². The third-order valence-electron chi connectivity index (χ3n) is 5.10. The van der Waals surface area contributed by atoms with Gasteiger partial charge in [-0.3, -0.25) is 9.59 Å². The van der Waals surface area contributed by atoms with Crippen LogP contribution in [0, 0.1) is 26.7 Å². The van der Waals surface area contributed by atoms with Crippen molar-refractivity contribution in [2.45, 2.75) is 54.1 Å². The molecule has 31 heavy (non-hydrogen) atoms. The van der Waals surface area contributed by atoms with Crippen LogP contribution in [0.25, 0.3) is 0 Å². The van der Waals surface area contributed by atoms with E-state index in [1.54, 1.807) is 11.8 Å². The highest BCUT2D eigenvalue weighted by Gasteiger charge is 2.26. The Balaban J connectivity index is 2.16. The van der Waals surface area contributed by atoms with Crippen molar-refractivity contribution in [3.05, 3.63) is 63.1 Å². The number of carbonyl (C=O) groups excluding carboxylic acids is 2. The summed E-state index contributed by atoms with van der Waals surface area (Å²) >= 11 is 3.54. The molecule has 0 heterocycles. The standard InChI is InChI=1S/C25H33BrN2O3/c1-16(2)13-27-25(30)20(6)28(14-21-9-7-17(3)8-10-21)23(29)15-31-22-11-18(4)24(26)19(5)12-22/h7-12,16,20H,13-15H2,1-6H3,(H,27,30)/t20-/m1/s1. The van der Waals surface area contributed by atoms with Crippen LogP contribution in [-0.2, 0) is 16.1 Å².